The van der Waals surface area contributed by atoms with Gasteiger partial charge < -0.3 is 64.7 Å². The number of rotatable bonds is 38. The van der Waals surface area contributed by atoms with Gasteiger partial charge in [0.2, 0.25) is 11.8 Å². The quantitative estimate of drug-likeness (QED) is 0.0254. The van der Waals surface area contributed by atoms with E-state index in [9.17, 15) is 37.2 Å². The van der Waals surface area contributed by atoms with Crippen LogP contribution in [-0.2, 0) is 79.9 Å². The zero-order chi connectivity index (χ0) is 58.9. The van der Waals surface area contributed by atoms with E-state index in [0.717, 1.165) is 18.2 Å². The number of primary amides is 1. The van der Waals surface area contributed by atoms with Crippen molar-refractivity contribution in [2.45, 2.75) is 109 Å². The molecule has 6 atom stereocenters. The predicted molar refractivity (Wildman–Crippen MR) is 300 cm³/mol. The highest BCUT2D eigenvalue weighted by atomic mass is 32.2. The predicted octanol–water partition coefficient (Wildman–Crippen LogP) is 4.98. The molecule has 82 heavy (non-hydrogen) atoms. The lowest BCUT2D eigenvalue weighted by molar-refractivity contribution is -0.131. The number of hydrogen-bond acceptors (Lipinski definition) is 19. The van der Waals surface area contributed by atoms with Crippen molar-refractivity contribution in [3.8, 4) is 0 Å². The zero-order valence-electron chi connectivity index (χ0n) is 46.9. The van der Waals surface area contributed by atoms with Crippen LogP contribution in [0.15, 0.2) is 67.1 Å². The Morgan fingerprint density at radius 2 is 1.48 bits per heavy atom. The Morgan fingerprint density at radius 1 is 0.817 bits per heavy atom. The van der Waals surface area contributed by atoms with Crippen molar-refractivity contribution in [1.82, 2.24) is 25.2 Å². The Balaban J connectivity index is 0.935. The monoisotopic (exact) mass is 1170 g/mol. The molecule has 1 saturated carbocycles. The van der Waals surface area contributed by atoms with Crippen molar-refractivity contribution in [3.63, 3.8) is 0 Å². The van der Waals surface area contributed by atoms with E-state index < -0.39 is 58.3 Å². The van der Waals surface area contributed by atoms with E-state index in [2.05, 4.69) is 43.4 Å². The van der Waals surface area contributed by atoms with Crippen LogP contribution < -0.4 is 32.1 Å². The van der Waals surface area contributed by atoms with E-state index in [0.29, 0.717) is 94.6 Å². The molecule has 26 heteroatoms. The molecule has 0 radical (unpaired) electrons. The maximum Gasteiger partial charge on any atom is 0.508 e. The average Bonchev–Trinajstić information content (AvgIpc) is 4.22. The van der Waals surface area contributed by atoms with Crippen LogP contribution >= 0.6 is 0 Å². The van der Waals surface area contributed by atoms with Crippen LogP contribution in [0.5, 0.6) is 0 Å². The topological polar surface area (TPSA) is 341 Å². The number of fused-ring (bicyclic) bond motifs is 2. The number of nitrogens with zero attached hydrogens (tertiary/aromatic N) is 3. The maximum absolute atomic E-state index is 13.8. The molecular formula is C56H79N9O16S. The molecule has 4 amide bonds. The number of carbonyl (C=O) groups excluding carboxylic acids is 6. The summed E-state index contributed by atoms with van der Waals surface area (Å²) < 4.78 is 69.2. The number of anilines is 2. The smallest absolute Gasteiger partial charge is 0.430 e. The Kier molecular flexibility index (Phi) is 26.3. The summed E-state index contributed by atoms with van der Waals surface area (Å²) in [6, 6.07) is 14.9. The summed E-state index contributed by atoms with van der Waals surface area (Å²) in [5.74, 6) is -2.15. The maximum atomic E-state index is 13.8. The molecule has 0 unspecified atom stereocenters. The van der Waals surface area contributed by atoms with Crippen LogP contribution in [0.4, 0.5) is 21.1 Å². The third kappa shape index (κ3) is 21.9. The lowest BCUT2D eigenvalue weighted by Crippen LogP contribution is -2.45. The van der Waals surface area contributed by atoms with Gasteiger partial charge >= 0.3 is 22.5 Å². The molecule has 0 saturated heterocycles. The Morgan fingerprint density at radius 3 is 2.12 bits per heavy atom. The normalized spacial score (nSPS) is 17.5. The number of hydrogen-bond donors (Lipinski definition) is 6. The summed E-state index contributed by atoms with van der Waals surface area (Å²) in [6.07, 6.45) is 4.86. The van der Waals surface area contributed by atoms with Gasteiger partial charge in [-0.3, -0.25) is 23.4 Å². The number of carbonyl (C=O) groups is 6. The van der Waals surface area contributed by atoms with Gasteiger partial charge in [0.25, 0.3) is 0 Å². The third-order valence-corrected chi connectivity index (χ3v) is 14.4. The van der Waals surface area contributed by atoms with Gasteiger partial charge in [-0.2, -0.15) is 8.42 Å². The molecule has 450 valence electrons. The summed E-state index contributed by atoms with van der Waals surface area (Å²) in [5.41, 5.74) is 9.38. The van der Waals surface area contributed by atoms with Crippen LogP contribution in [-0.4, -0.2) is 150 Å². The Labute approximate surface area is 478 Å². The molecule has 1 fully saturated rings. The second-order valence-electron chi connectivity index (χ2n) is 20.5. The van der Waals surface area contributed by atoms with Crippen molar-refractivity contribution in [2.75, 3.05) is 89.9 Å². The van der Waals surface area contributed by atoms with E-state index in [1.165, 1.54) is 24.4 Å². The number of nitrogens with two attached hydrogens (primary N) is 2. The first kappa shape index (κ1) is 64.5. The average molecular weight is 1170 g/mol. The summed E-state index contributed by atoms with van der Waals surface area (Å²) in [4.78, 5) is 85.2. The fourth-order valence-corrected chi connectivity index (χ4v) is 10.1. The number of ether oxygens (including phenoxy) is 7. The summed E-state index contributed by atoms with van der Waals surface area (Å²) in [7, 11) is -4.30. The van der Waals surface area contributed by atoms with Crippen LogP contribution in [0.3, 0.4) is 0 Å². The first-order valence-corrected chi connectivity index (χ1v) is 29.2. The molecule has 6 rings (SSSR count). The molecule has 25 nitrogen and oxygen atoms in total. The van der Waals surface area contributed by atoms with E-state index >= 15 is 0 Å². The SMILES string of the molecule is CC(=O)CCOCCOCCOCCOCCOCCC(=O)N[C@@H](C(=O)C[C@H](CCCNC(N)=O)C(=O)Nc1ccc(COC(=O)O[C@H]2C[C@H](n3ccc4c(N[C@H]5CCc6ccccc65)ncnc43)C[C@H]2COS(N)(=O)=O)cc1)C(C)C. The van der Waals surface area contributed by atoms with Gasteiger partial charge in [-0.25, -0.2) is 24.7 Å². The summed E-state index contributed by atoms with van der Waals surface area (Å²) >= 11 is 0. The van der Waals surface area contributed by atoms with Gasteiger partial charge in [-0.05, 0) is 79.8 Å². The second-order valence-corrected chi connectivity index (χ2v) is 21.7. The fourth-order valence-electron chi connectivity index (χ4n) is 9.75. The Hall–Kier alpha value is -6.65. The molecule has 2 aromatic carbocycles. The number of amides is 4. The van der Waals surface area contributed by atoms with Crippen molar-refractivity contribution in [2.24, 2.45) is 28.6 Å². The van der Waals surface area contributed by atoms with Crippen LogP contribution in [0.25, 0.3) is 11.0 Å². The molecule has 2 aliphatic carbocycles. The van der Waals surface area contributed by atoms with Gasteiger partial charge in [0.1, 0.15) is 36.3 Å². The van der Waals surface area contributed by atoms with Crippen LogP contribution in [0, 0.1) is 17.8 Å². The third-order valence-electron chi connectivity index (χ3n) is 14.0. The number of nitrogens with one attached hydrogen (secondary N) is 4. The molecule has 2 aromatic heterocycles. The molecule has 2 heterocycles. The number of urea groups is 1. The molecular weight excluding hydrogens is 1090 g/mol. The number of aryl methyl sites for hydroxylation is 1. The summed E-state index contributed by atoms with van der Waals surface area (Å²) in [5, 5.41) is 17.7. The first-order valence-electron chi connectivity index (χ1n) is 27.7. The minimum atomic E-state index is -4.30. The number of benzene rings is 2. The molecule has 4 aromatic rings. The Bertz CT molecular complexity index is 2820. The van der Waals surface area contributed by atoms with Crippen molar-refractivity contribution in [3.05, 3.63) is 83.8 Å². The number of ketones is 2. The van der Waals surface area contributed by atoms with Crippen molar-refractivity contribution in [1.29, 1.82) is 0 Å². The largest absolute Gasteiger partial charge is 0.508 e. The molecule has 0 bridgehead atoms. The summed E-state index contributed by atoms with van der Waals surface area (Å²) in [6.45, 7) is 8.08. The molecule has 2 aliphatic rings. The van der Waals surface area contributed by atoms with Crippen molar-refractivity contribution >= 4 is 68.4 Å². The van der Waals surface area contributed by atoms with Crippen LogP contribution in [0.2, 0.25) is 0 Å². The highest BCUT2D eigenvalue weighted by molar-refractivity contribution is 7.84. The standard InChI is InChI=1S/C56H79N9O16S/c1-37(2)51(64-50(68)18-22-75-24-26-77-28-30-78-29-27-76-25-23-74-21-17-38(3)66)48(67)32-41(8-6-19-59-55(57)70)54(69)62-43-13-10-39(11-14-43)34-79-56(71)81-49-33-44(31-42(49)35-80-82(58,72)73)65-20-16-46-52(60-36-61-53(46)65)63-47-15-12-40-7-4-5-9-45(40)47/h4-5,7,9-11,13-14,16,20,36-37,41-42,44,47,49,51H,6,8,12,15,17-19,21-35H2,1-3H3,(H,62,69)(H,64,68)(H3,57,59,70)(H2,58,72,73)(H,60,61,63)/t41-,42-,44+,47-,49-,51+/m0/s1. The van der Waals surface area contributed by atoms with E-state index in [1.54, 1.807) is 38.1 Å². The number of aromatic nitrogens is 3. The fraction of sp³-hybridized carbons (Fsp3) is 0.571. The van der Waals surface area contributed by atoms with Crippen molar-refractivity contribution < 1.29 is 74.5 Å². The molecule has 0 aliphatic heterocycles. The van der Waals surface area contributed by atoms with E-state index in [1.807, 2.05) is 29.0 Å². The number of Topliss-reactive ketones (excluding diaryl/α,β-unsaturated/α-hetero) is 2. The van der Waals surface area contributed by atoms with Gasteiger partial charge in [-0.15, -0.1) is 0 Å². The lowest BCUT2D eigenvalue weighted by atomic mass is 9.89. The first-order chi connectivity index (χ1) is 39.4. The van der Waals surface area contributed by atoms with E-state index in [-0.39, 0.29) is 88.4 Å². The lowest BCUT2D eigenvalue weighted by Gasteiger charge is -2.24. The van der Waals surface area contributed by atoms with Gasteiger partial charge in [0, 0.05) is 62.0 Å². The second kappa shape index (κ2) is 33.5. The van der Waals surface area contributed by atoms with E-state index in [4.69, 9.17) is 48.2 Å². The minimum Gasteiger partial charge on any atom is -0.430 e. The highest BCUT2D eigenvalue weighted by Gasteiger charge is 2.40. The van der Waals surface area contributed by atoms with Gasteiger partial charge in [0.15, 0.2) is 5.78 Å². The van der Waals surface area contributed by atoms with Crippen LogP contribution in [0.1, 0.15) is 101 Å². The molecule has 0 spiro atoms. The highest BCUT2D eigenvalue weighted by Crippen LogP contribution is 2.41. The zero-order valence-corrected chi connectivity index (χ0v) is 47.7. The van der Waals surface area contributed by atoms with Gasteiger partial charge in [0.05, 0.1) is 90.1 Å². The molecule has 8 N–H and O–H groups in total. The van der Waals surface area contributed by atoms with Gasteiger partial charge in [-0.1, -0.05) is 50.2 Å². The minimum absolute atomic E-state index is 0.00777.